The van der Waals surface area contributed by atoms with Crippen molar-refractivity contribution in [3.63, 3.8) is 0 Å². The van der Waals surface area contributed by atoms with E-state index >= 15 is 0 Å². The van der Waals surface area contributed by atoms with Crippen LogP contribution in [0.1, 0.15) is 114 Å². The summed E-state index contributed by atoms with van der Waals surface area (Å²) in [5.41, 5.74) is 42.5. The lowest BCUT2D eigenvalue weighted by molar-refractivity contribution is 1.18. The lowest BCUT2D eigenvalue weighted by atomic mass is 9.81. The second-order valence-electron chi connectivity index (χ2n) is 23.1. The van der Waals surface area contributed by atoms with Crippen LogP contribution in [-0.4, -0.2) is 9.97 Å². The highest BCUT2D eigenvalue weighted by atomic mass is 14.9. The van der Waals surface area contributed by atoms with E-state index in [1.54, 1.807) is 0 Å². The molecule has 0 aliphatic rings. The first-order chi connectivity index (χ1) is 38.1. The monoisotopic (exact) mass is 1050 g/mol. The van der Waals surface area contributed by atoms with Crippen LogP contribution in [-0.2, 0) is 0 Å². The van der Waals surface area contributed by atoms with Gasteiger partial charge in [0.15, 0.2) is 5.82 Å². The number of hydrogen-bond acceptors (Lipinski definition) is 2. The van der Waals surface area contributed by atoms with Gasteiger partial charge in [-0.25, -0.2) is 9.97 Å². The van der Waals surface area contributed by atoms with E-state index in [-0.39, 0.29) is 0 Å². The van der Waals surface area contributed by atoms with Crippen molar-refractivity contribution in [2.45, 2.75) is 138 Å². The summed E-state index contributed by atoms with van der Waals surface area (Å²) in [6, 6.07) is 51.1. The van der Waals surface area contributed by atoms with Gasteiger partial charge in [0, 0.05) is 16.7 Å². The molecule has 0 saturated carbocycles. The standard InChI is InChI=1S/C76H76N2.C2H6/c1-41-24-60(25-42(2)53(41)13)68-36-64(37-69(61-26-43(3)54(14)44(4)27-61)74(68)66-32-49(9)57(17)50(10)33-66)72-40-73(78-76(77-72)59-22-20-19-21-23-59)65-38-70(62-28-45(5)55(15)46(6)29-62)75(67-34-51(11)58(18)52(12)35-67)71(39-65)63-30-47(7)56(16)48(8)31-63;1-2/h19-40H,1-18H3;1-2H3. The molecule has 0 aliphatic heterocycles. The molecule has 9 aromatic carbocycles. The van der Waals surface area contributed by atoms with E-state index in [0.29, 0.717) is 5.82 Å². The summed E-state index contributed by atoms with van der Waals surface area (Å²) in [6.45, 7) is 44.4. The zero-order chi connectivity index (χ0) is 57.8. The molecule has 0 radical (unpaired) electrons. The van der Waals surface area contributed by atoms with Crippen molar-refractivity contribution in [3.8, 4) is 101 Å². The van der Waals surface area contributed by atoms with E-state index in [1.165, 1.54) is 167 Å². The van der Waals surface area contributed by atoms with Crippen molar-refractivity contribution in [3.05, 3.63) is 234 Å². The average Bonchev–Trinajstić information content (AvgIpc) is 3.44. The number of aryl methyl sites for hydroxylation is 12. The van der Waals surface area contributed by atoms with Crippen molar-refractivity contribution in [2.24, 2.45) is 0 Å². The summed E-state index contributed by atoms with van der Waals surface area (Å²) in [5.74, 6) is 0.685. The van der Waals surface area contributed by atoms with Crippen LogP contribution in [0.25, 0.3) is 101 Å². The fourth-order valence-electron chi connectivity index (χ4n) is 11.7. The molecule has 0 amide bonds. The molecule has 10 rings (SSSR count). The molecular formula is C78H82N2. The fourth-order valence-corrected chi connectivity index (χ4v) is 11.7. The van der Waals surface area contributed by atoms with Gasteiger partial charge in [-0.1, -0.05) is 117 Å². The molecule has 0 bridgehead atoms. The zero-order valence-corrected chi connectivity index (χ0v) is 51.6. The normalized spacial score (nSPS) is 11.2. The van der Waals surface area contributed by atoms with Gasteiger partial charge in [0.2, 0.25) is 0 Å². The van der Waals surface area contributed by atoms with Crippen molar-refractivity contribution in [1.82, 2.24) is 9.97 Å². The number of aromatic nitrogens is 2. The Balaban J connectivity index is 0.00000383. The minimum atomic E-state index is 0.685. The molecule has 0 atom stereocenters. The third-order valence-electron chi connectivity index (χ3n) is 18.0. The zero-order valence-electron chi connectivity index (χ0n) is 51.6. The Morgan fingerprint density at radius 1 is 0.212 bits per heavy atom. The van der Waals surface area contributed by atoms with E-state index < -0.39 is 0 Å². The quantitative estimate of drug-likeness (QED) is 0.144. The molecule has 10 aromatic rings. The van der Waals surface area contributed by atoms with Gasteiger partial charge in [-0.15, -0.1) is 0 Å². The summed E-state index contributed by atoms with van der Waals surface area (Å²) in [7, 11) is 0. The Morgan fingerprint density at radius 3 is 0.650 bits per heavy atom. The van der Waals surface area contributed by atoms with Gasteiger partial charge in [0.25, 0.3) is 0 Å². The van der Waals surface area contributed by atoms with E-state index in [4.69, 9.17) is 9.97 Å². The van der Waals surface area contributed by atoms with Crippen LogP contribution >= 0.6 is 0 Å². The van der Waals surface area contributed by atoms with E-state index in [0.717, 1.165) is 28.1 Å². The average molecular weight is 1050 g/mol. The van der Waals surface area contributed by atoms with Crippen molar-refractivity contribution in [1.29, 1.82) is 0 Å². The third-order valence-corrected chi connectivity index (χ3v) is 18.0. The maximum atomic E-state index is 5.62. The molecule has 0 N–H and O–H groups in total. The molecule has 0 spiro atoms. The summed E-state index contributed by atoms with van der Waals surface area (Å²) in [6.07, 6.45) is 0. The molecule has 0 aliphatic carbocycles. The lowest BCUT2D eigenvalue weighted by Crippen LogP contribution is -2.01. The molecule has 80 heavy (non-hydrogen) atoms. The third kappa shape index (κ3) is 10.8. The molecule has 2 heteroatoms. The van der Waals surface area contributed by atoms with Crippen molar-refractivity contribution in [2.75, 3.05) is 0 Å². The highest BCUT2D eigenvalue weighted by Gasteiger charge is 2.25. The Hall–Kier alpha value is -7.94. The number of nitrogens with zero attached hydrogens (tertiary/aromatic N) is 2. The molecule has 404 valence electrons. The maximum Gasteiger partial charge on any atom is 0.160 e. The minimum Gasteiger partial charge on any atom is -0.228 e. The van der Waals surface area contributed by atoms with Gasteiger partial charge in [-0.05, 0) is 322 Å². The highest BCUT2D eigenvalue weighted by molar-refractivity contribution is 6.01. The van der Waals surface area contributed by atoms with Crippen LogP contribution in [0, 0.1) is 125 Å². The Kier molecular flexibility index (Phi) is 16.1. The van der Waals surface area contributed by atoms with Crippen LogP contribution in [0.5, 0.6) is 0 Å². The smallest absolute Gasteiger partial charge is 0.160 e. The summed E-state index contributed by atoms with van der Waals surface area (Å²) in [4.78, 5) is 11.2. The van der Waals surface area contributed by atoms with Crippen molar-refractivity contribution >= 4 is 0 Å². The molecule has 0 fully saturated rings. The van der Waals surface area contributed by atoms with Crippen LogP contribution in [0.15, 0.2) is 133 Å². The predicted octanol–water partition coefficient (Wildman–Crippen LogP) is 22.1. The van der Waals surface area contributed by atoms with Crippen LogP contribution < -0.4 is 0 Å². The van der Waals surface area contributed by atoms with E-state index in [1.807, 2.05) is 13.8 Å². The second kappa shape index (κ2) is 22.7. The number of benzene rings is 9. The van der Waals surface area contributed by atoms with Crippen LogP contribution in [0.3, 0.4) is 0 Å². The largest absolute Gasteiger partial charge is 0.228 e. The molecule has 0 saturated heterocycles. The predicted molar refractivity (Wildman–Crippen MR) is 348 cm³/mol. The van der Waals surface area contributed by atoms with E-state index in [2.05, 4.69) is 258 Å². The van der Waals surface area contributed by atoms with Gasteiger partial charge < -0.3 is 0 Å². The topological polar surface area (TPSA) is 25.8 Å². The SMILES string of the molecule is CC.Cc1cc(-c2cc(-c3cc(-c4cc(-c5cc(C)c(C)c(C)c5)c(-c5cc(C)c(C)c(C)c5)c(-c5cc(C)c(C)c(C)c5)c4)nc(-c4ccccc4)n3)cc(-c3cc(C)c(C)c(C)c3)c2-c2cc(C)c(C)c(C)c2)cc(C)c1C. The van der Waals surface area contributed by atoms with Gasteiger partial charge in [0.05, 0.1) is 11.4 Å². The second-order valence-corrected chi connectivity index (χ2v) is 23.1. The first-order valence-corrected chi connectivity index (χ1v) is 28.9. The summed E-state index contributed by atoms with van der Waals surface area (Å²) >= 11 is 0. The molecule has 1 heterocycles. The first-order valence-electron chi connectivity index (χ1n) is 28.9. The Morgan fingerprint density at radius 2 is 0.425 bits per heavy atom. The van der Waals surface area contributed by atoms with Gasteiger partial charge in [-0.2, -0.15) is 0 Å². The lowest BCUT2D eigenvalue weighted by Gasteiger charge is -2.23. The van der Waals surface area contributed by atoms with Gasteiger partial charge in [0.1, 0.15) is 0 Å². The summed E-state index contributed by atoms with van der Waals surface area (Å²) in [5, 5.41) is 0. The molecular weight excluding hydrogens is 965 g/mol. The minimum absolute atomic E-state index is 0.685. The highest BCUT2D eigenvalue weighted by Crippen LogP contribution is 2.48. The van der Waals surface area contributed by atoms with Crippen molar-refractivity contribution < 1.29 is 0 Å². The number of rotatable bonds is 9. The Labute approximate surface area is 480 Å². The molecule has 2 nitrogen and oxygen atoms in total. The fraction of sp³-hybridized carbons (Fsp3) is 0.256. The molecule has 1 aromatic heterocycles. The van der Waals surface area contributed by atoms with E-state index in [9.17, 15) is 0 Å². The summed E-state index contributed by atoms with van der Waals surface area (Å²) < 4.78 is 0. The Bertz CT molecular complexity index is 3550. The van der Waals surface area contributed by atoms with Crippen LogP contribution in [0.4, 0.5) is 0 Å². The molecule has 0 unspecified atom stereocenters. The first kappa shape index (κ1) is 56.8. The van der Waals surface area contributed by atoms with Gasteiger partial charge in [-0.3, -0.25) is 0 Å². The maximum absolute atomic E-state index is 5.62. The van der Waals surface area contributed by atoms with Gasteiger partial charge >= 0.3 is 0 Å². The number of hydrogen-bond donors (Lipinski definition) is 0. The van der Waals surface area contributed by atoms with Crippen LogP contribution in [0.2, 0.25) is 0 Å².